The molecule has 3 N–H and O–H groups in total. The molecule has 5 atom stereocenters. The number of hydrogen-bond acceptors (Lipinski definition) is 9. The van der Waals surface area contributed by atoms with E-state index in [9.17, 15) is 19.0 Å². The predicted octanol–water partition coefficient (Wildman–Crippen LogP) is 8.34. The highest BCUT2D eigenvalue weighted by Crippen LogP contribution is 2.44. The summed E-state index contributed by atoms with van der Waals surface area (Å²) in [6.45, 7) is 6.13. The van der Waals surface area contributed by atoms with Crippen molar-refractivity contribution >= 4 is 19.6 Å². The molecule has 2 rings (SSSR count). The van der Waals surface area contributed by atoms with Gasteiger partial charge in [0.15, 0.2) is 0 Å². The van der Waals surface area contributed by atoms with Crippen LogP contribution in [0.4, 0.5) is 0 Å². The summed E-state index contributed by atoms with van der Waals surface area (Å²) < 4.78 is 36.9. The Labute approximate surface area is 303 Å². The quantitative estimate of drug-likeness (QED) is 0.0281. The Balaban J connectivity index is 1.81. The first-order chi connectivity index (χ1) is 24.2. The van der Waals surface area contributed by atoms with Crippen LogP contribution in [0.1, 0.15) is 148 Å². The molecule has 13 nitrogen and oxygen atoms in total. The van der Waals surface area contributed by atoms with Gasteiger partial charge in [0.2, 0.25) is 0 Å². The van der Waals surface area contributed by atoms with Gasteiger partial charge in [-0.3, -0.25) is 28.6 Å². The molecule has 0 spiro atoms. The minimum Gasteiger partial charge on any atom is -0.408 e. The first kappa shape index (κ1) is 44.6. The van der Waals surface area contributed by atoms with Gasteiger partial charge < -0.3 is 25.3 Å². The number of phosphoric acid groups is 1. The van der Waals surface area contributed by atoms with E-state index in [0.29, 0.717) is 17.9 Å². The van der Waals surface area contributed by atoms with Gasteiger partial charge in [-0.05, 0) is 31.9 Å². The maximum atomic E-state index is 12.9. The second kappa shape index (κ2) is 27.1. The molecule has 1 aliphatic rings. The van der Waals surface area contributed by atoms with Gasteiger partial charge in [-0.1, -0.05) is 117 Å². The molecule has 50 heavy (non-hydrogen) atoms. The van der Waals surface area contributed by atoms with Crippen molar-refractivity contribution in [2.45, 2.75) is 167 Å². The van der Waals surface area contributed by atoms with Crippen LogP contribution in [-0.2, 0) is 23.1 Å². The van der Waals surface area contributed by atoms with Gasteiger partial charge in [-0.25, -0.2) is 9.36 Å². The lowest BCUT2D eigenvalue weighted by Gasteiger charge is -2.23. The third-order valence-electron chi connectivity index (χ3n) is 9.04. The van der Waals surface area contributed by atoms with Gasteiger partial charge in [0, 0.05) is 30.2 Å². The normalized spacial score (nSPS) is 19.4. The van der Waals surface area contributed by atoms with Gasteiger partial charge in [0.25, 0.3) is 5.56 Å². The average Bonchev–Trinajstić information content (AvgIpc) is 3.49. The molecule has 0 aromatic carbocycles. The van der Waals surface area contributed by atoms with E-state index in [1.165, 1.54) is 107 Å². The van der Waals surface area contributed by atoms with Gasteiger partial charge in [-0.15, -0.1) is 0 Å². The summed E-state index contributed by atoms with van der Waals surface area (Å²) in [6.07, 6.45) is 22.0. The number of aromatic amines is 1. The van der Waals surface area contributed by atoms with E-state index >= 15 is 0 Å². The zero-order valence-electron chi connectivity index (χ0n) is 30.9. The molecule has 1 aromatic rings. The fourth-order valence-electron chi connectivity index (χ4n) is 5.98. The number of nitrogens with one attached hydrogen (secondary N) is 2. The lowest BCUT2D eigenvalue weighted by molar-refractivity contribution is -0.0332. The van der Waals surface area contributed by atoms with Gasteiger partial charge in [0.05, 0.1) is 25.4 Å². The van der Waals surface area contributed by atoms with Crippen molar-refractivity contribution in [2.75, 3.05) is 31.3 Å². The number of aryl methyl sites for hydroxylation is 1. The molecule has 1 saturated heterocycles. The summed E-state index contributed by atoms with van der Waals surface area (Å²) in [7, 11) is -4.50. The largest absolute Gasteiger partial charge is 0.472 e. The maximum Gasteiger partial charge on any atom is 0.472 e. The summed E-state index contributed by atoms with van der Waals surface area (Å²) in [4.78, 5) is 36.9. The number of H-pyrrole nitrogens is 1. The summed E-state index contributed by atoms with van der Waals surface area (Å²) in [5.74, 6) is 1.66. The van der Waals surface area contributed by atoms with Crippen LogP contribution in [0.25, 0.3) is 5.53 Å². The van der Waals surface area contributed by atoms with E-state index in [4.69, 9.17) is 24.1 Å². The minimum absolute atomic E-state index is 0.0936. The standard InChI is InChI=1S/C35H65N5O8PS/c1-4-6-8-10-12-14-15-17-19-21-23-50-28-30(45-22-20-18-16-13-11-9-7-5-2)26-46-49(43,44)47-27-32-31(38-39-36)24-33(48-32)40-25-29(3)34(41)37-35(40)42/h25,30-33H,4-24,26-28H2,1-3H3,(H3-,36,37,38,41,42,43,44)/q-1/t30?,31-,32+,33+/m0/s1. The highest BCUT2D eigenvalue weighted by molar-refractivity contribution is 7.99. The molecule has 2 heterocycles. The zero-order chi connectivity index (χ0) is 36.5. The van der Waals surface area contributed by atoms with E-state index in [1.807, 2.05) is 0 Å². The predicted molar refractivity (Wildman–Crippen MR) is 201 cm³/mol. The molecule has 0 bridgehead atoms. The highest BCUT2D eigenvalue weighted by atomic mass is 32.2. The van der Waals surface area contributed by atoms with Crippen molar-refractivity contribution in [1.82, 2.24) is 15.0 Å². The molecule has 1 aromatic heterocycles. The van der Waals surface area contributed by atoms with Crippen LogP contribution in [0.3, 0.4) is 0 Å². The first-order valence-corrected chi connectivity index (χ1v) is 21.7. The van der Waals surface area contributed by atoms with E-state index in [0.717, 1.165) is 25.0 Å². The van der Waals surface area contributed by atoms with Gasteiger partial charge in [0.1, 0.15) is 6.23 Å². The number of ether oxygens (including phenoxy) is 2. The summed E-state index contributed by atoms with van der Waals surface area (Å²) in [6, 6.07) is -0.644. The molecule has 1 fully saturated rings. The molecular weight excluding hydrogens is 681 g/mol. The van der Waals surface area contributed by atoms with Gasteiger partial charge in [-0.2, -0.15) is 11.8 Å². The molecular formula is C35H65N5O8PS-. The summed E-state index contributed by atoms with van der Waals surface area (Å²) in [5, 5.41) is 2.98. The number of nitrogens with zero attached hydrogens (tertiary/aromatic N) is 3. The summed E-state index contributed by atoms with van der Waals surface area (Å²) in [5.41, 5.74) is 10.8. The van der Waals surface area contributed by atoms with Crippen molar-refractivity contribution in [3.05, 3.63) is 38.1 Å². The maximum absolute atomic E-state index is 12.9. The van der Waals surface area contributed by atoms with E-state index in [2.05, 4.69) is 29.5 Å². The molecule has 0 amide bonds. The fraction of sp³-hybridized carbons (Fsp3) is 0.886. The first-order valence-electron chi connectivity index (χ1n) is 19.1. The third kappa shape index (κ3) is 19.3. The van der Waals surface area contributed by atoms with Crippen LogP contribution < -0.4 is 16.7 Å². The summed E-state index contributed by atoms with van der Waals surface area (Å²) >= 11 is 1.78. The molecule has 0 saturated carbocycles. The van der Waals surface area contributed by atoms with E-state index in [-0.39, 0.29) is 25.7 Å². The van der Waals surface area contributed by atoms with Gasteiger partial charge >= 0.3 is 13.5 Å². The Morgan fingerprint density at radius 1 is 0.980 bits per heavy atom. The van der Waals surface area contributed by atoms with Crippen molar-refractivity contribution in [2.24, 2.45) is 5.22 Å². The minimum atomic E-state index is -4.50. The number of thioether (sulfide) groups is 1. The number of hydrogen-bond donors (Lipinski definition) is 3. The topological polar surface area (TPSA) is 176 Å². The second-order valence-corrected chi connectivity index (χ2v) is 16.1. The van der Waals surface area contributed by atoms with Crippen LogP contribution in [-0.4, -0.2) is 64.0 Å². The Kier molecular flexibility index (Phi) is 24.2. The van der Waals surface area contributed by atoms with Crippen LogP contribution >= 0.6 is 19.6 Å². The molecule has 290 valence electrons. The smallest absolute Gasteiger partial charge is 0.408 e. The van der Waals surface area contributed by atoms with Crippen molar-refractivity contribution in [1.29, 1.82) is 0 Å². The Bertz CT molecular complexity index is 1200. The molecule has 15 heteroatoms. The van der Waals surface area contributed by atoms with Crippen LogP contribution in [0.2, 0.25) is 0 Å². The van der Waals surface area contributed by atoms with Crippen LogP contribution in [0, 0.1) is 6.92 Å². The number of unbranched alkanes of at least 4 members (excludes halogenated alkanes) is 16. The number of rotatable bonds is 32. The van der Waals surface area contributed by atoms with Crippen LogP contribution in [0.5, 0.6) is 0 Å². The second-order valence-electron chi connectivity index (χ2n) is 13.5. The number of phosphoric ester groups is 1. The highest BCUT2D eigenvalue weighted by Gasteiger charge is 2.37. The molecule has 2 unspecified atom stereocenters. The molecule has 1 aliphatic heterocycles. The monoisotopic (exact) mass is 746 g/mol. The lowest BCUT2D eigenvalue weighted by atomic mass is 10.1. The Morgan fingerprint density at radius 2 is 1.56 bits per heavy atom. The Morgan fingerprint density at radius 3 is 2.16 bits per heavy atom. The van der Waals surface area contributed by atoms with E-state index < -0.39 is 37.4 Å². The SMILES string of the molecule is CCCCCCCCCCCCSCC(COP(=O)(O)OC[C@H]1O[C@@H](n2cc(C)c(=O)[nH]c2=O)C[C@@H]1NN=[N-])OCCCCCCCCCC. The fourth-order valence-corrected chi connectivity index (χ4v) is 7.78. The van der Waals surface area contributed by atoms with Crippen LogP contribution in [0.15, 0.2) is 21.0 Å². The third-order valence-corrected chi connectivity index (χ3v) is 11.2. The van der Waals surface area contributed by atoms with Crippen molar-refractivity contribution in [3.8, 4) is 0 Å². The van der Waals surface area contributed by atoms with Crippen molar-refractivity contribution < 1.29 is 28.0 Å². The molecule has 0 radical (unpaired) electrons. The van der Waals surface area contributed by atoms with Crippen molar-refractivity contribution in [3.63, 3.8) is 0 Å². The number of aromatic nitrogens is 2. The van der Waals surface area contributed by atoms with E-state index in [1.54, 1.807) is 18.7 Å². The molecule has 0 aliphatic carbocycles. The Hall–Kier alpha value is -1.54. The zero-order valence-corrected chi connectivity index (χ0v) is 32.6. The average molecular weight is 747 g/mol. The lowest BCUT2D eigenvalue weighted by Crippen LogP contribution is -2.35.